The molecule has 1 aromatic heterocycles. The summed E-state index contributed by atoms with van der Waals surface area (Å²) in [5, 5.41) is 0. The van der Waals surface area contributed by atoms with Gasteiger partial charge in [0.15, 0.2) is 0 Å². The number of nitrogens with two attached hydrogens (primary N) is 1. The first kappa shape index (κ1) is 10.8. The summed E-state index contributed by atoms with van der Waals surface area (Å²) in [6.45, 7) is 2.65. The molecule has 82 valence electrons. The molecule has 0 saturated carbocycles. The molecular formula is C14H16N2. The van der Waals surface area contributed by atoms with Crippen LogP contribution in [0.3, 0.4) is 0 Å². The van der Waals surface area contributed by atoms with E-state index in [-0.39, 0.29) is 0 Å². The number of pyridine rings is 1. The van der Waals surface area contributed by atoms with Crippen LogP contribution in [0.5, 0.6) is 0 Å². The van der Waals surface area contributed by atoms with E-state index in [4.69, 9.17) is 5.73 Å². The van der Waals surface area contributed by atoms with E-state index in [1.54, 1.807) is 0 Å². The Kier molecular flexibility index (Phi) is 3.32. The summed E-state index contributed by atoms with van der Waals surface area (Å²) >= 11 is 0. The van der Waals surface area contributed by atoms with Crippen LogP contribution in [0.15, 0.2) is 42.6 Å². The molecule has 0 saturated heterocycles. The lowest BCUT2D eigenvalue weighted by Gasteiger charge is -2.03. The lowest BCUT2D eigenvalue weighted by molar-refractivity contribution is 0.991. The van der Waals surface area contributed by atoms with Crippen LogP contribution in [0, 0.1) is 0 Å². The van der Waals surface area contributed by atoms with Gasteiger partial charge in [-0.2, -0.15) is 0 Å². The fraction of sp³-hybridized carbons (Fsp3) is 0.214. The molecular weight excluding hydrogens is 196 g/mol. The monoisotopic (exact) mass is 212 g/mol. The van der Waals surface area contributed by atoms with E-state index in [0.717, 1.165) is 17.7 Å². The quantitative estimate of drug-likeness (QED) is 0.849. The number of hydrogen-bond acceptors (Lipinski definition) is 2. The van der Waals surface area contributed by atoms with Crippen molar-refractivity contribution in [2.75, 3.05) is 0 Å². The van der Waals surface area contributed by atoms with Gasteiger partial charge in [-0.15, -0.1) is 0 Å². The summed E-state index contributed by atoms with van der Waals surface area (Å²) in [5.74, 6) is 0. The van der Waals surface area contributed by atoms with Crippen LogP contribution in [0.1, 0.15) is 18.2 Å². The van der Waals surface area contributed by atoms with Crippen LogP contribution in [0.2, 0.25) is 0 Å². The lowest BCUT2D eigenvalue weighted by Crippen LogP contribution is -1.98. The minimum absolute atomic E-state index is 0.495. The topological polar surface area (TPSA) is 38.9 Å². The fourth-order valence-corrected chi connectivity index (χ4v) is 1.65. The molecule has 2 heteroatoms. The molecule has 1 aromatic carbocycles. The Balaban J connectivity index is 2.28. The van der Waals surface area contributed by atoms with Crippen molar-refractivity contribution in [1.82, 2.24) is 4.98 Å². The van der Waals surface area contributed by atoms with Crippen molar-refractivity contribution >= 4 is 0 Å². The molecule has 0 aliphatic heterocycles. The summed E-state index contributed by atoms with van der Waals surface area (Å²) in [7, 11) is 0. The summed E-state index contributed by atoms with van der Waals surface area (Å²) in [6, 6.07) is 12.6. The number of aryl methyl sites for hydroxylation is 1. The Hall–Kier alpha value is -1.67. The first-order chi connectivity index (χ1) is 7.83. The zero-order valence-corrected chi connectivity index (χ0v) is 9.48. The van der Waals surface area contributed by atoms with Gasteiger partial charge >= 0.3 is 0 Å². The normalized spacial score (nSPS) is 10.4. The van der Waals surface area contributed by atoms with E-state index in [1.165, 1.54) is 11.1 Å². The van der Waals surface area contributed by atoms with Gasteiger partial charge in [-0.05, 0) is 23.6 Å². The van der Waals surface area contributed by atoms with Crippen LogP contribution in [-0.2, 0) is 13.0 Å². The second-order valence-electron chi connectivity index (χ2n) is 3.79. The third-order valence-corrected chi connectivity index (χ3v) is 2.73. The second-order valence-corrected chi connectivity index (χ2v) is 3.79. The summed E-state index contributed by atoms with van der Waals surface area (Å²) in [5.41, 5.74) is 10.1. The molecule has 16 heavy (non-hydrogen) atoms. The van der Waals surface area contributed by atoms with Crippen molar-refractivity contribution in [2.24, 2.45) is 5.73 Å². The van der Waals surface area contributed by atoms with Crippen molar-refractivity contribution in [1.29, 1.82) is 0 Å². The number of benzene rings is 1. The highest BCUT2D eigenvalue weighted by atomic mass is 14.7. The maximum absolute atomic E-state index is 5.51. The van der Waals surface area contributed by atoms with Crippen molar-refractivity contribution in [3.05, 3.63) is 53.9 Å². The Morgan fingerprint density at radius 1 is 1.00 bits per heavy atom. The SMILES string of the molecule is CCc1ccc(-c2ccc(CN)nc2)cc1. The number of aromatic nitrogens is 1. The standard InChI is InChI=1S/C14H16N2/c1-2-11-3-5-12(6-4-11)13-7-8-14(9-15)16-10-13/h3-8,10H,2,9,15H2,1H3. The third-order valence-electron chi connectivity index (χ3n) is 2.73. The van der Waals surface area contributed by atoms with Crippen LogP contribution < -0.4 is 5.73 Å². The molecule has 0 unspecified atom stereocenters. The van der Waals surface area contributed by atoms with Gasteiger partial charge in [0, 0.05) is 18.3 Å². The first-order valence-corrected chi connectivity index (χ1v) is 5.57. The Labute approximate surface area is 96.1 Å². The number of hydrogen-bond donors (Lipinski definition) is 1. The maximum atomic E-state index is 5.51. The molecule has 0 atom stereocenters. The van der Waals surface area contributed by atoms with Gasteiger partial charge in [0.05, 0.1) is 5.69 Å². The van der Waals surface area contributed by atoms with E-state index < -0.39 is 0 Å². The number of nitrogens with zero attached hydrogens (tertiary/aromatic N) is 1. The van der Waals surface area contributed by atoms with Gasteiger partial charge in [0.1, 0.15) is 0 Å². The highest BCUT2D eigenvalue weighted by Gasteiger charge is 1.98. The molecule has 0 spiro atoms. The summed E-state index contributed by atoms with van der Waals surface area (Å²) in [4.78, 5) is 4.29. The second kappa shape index (κ2) is 4.90. The first-order valence-electron chi connectivity index (χ1n) is 5.57. The zero-order valence-electron chi connectivity index (χ0n) is 9.48. The molecule has 0 fully saturated rings. The van der Waals surface area contributed by atoms with Crippen LogP contribution in [0.4, 0.5) is 0 Å². The molecule has 0 amide bonds. The molecule has 1 heterocycles. The zero-order chi connectivity index (χ0) is 11.4. The van der Waals surface area contributed by atoms with Crippen LogP contribution in [0.25, 0.3) is 11.1 Å². The minimum atomic E-state index is 0.495. The van der Waals surface area contributed by atoms with E-state index in [1.807, 2.05) is 12.3 Å². The van der Waals surface area contributed by atoms with E-state index in [9.17, 15) is 0 Å². The predicted molar refractivity (Wildman–Crippen MR) is 66.9 cm³/mol. The number of rotatable bonds is 3. The van der Waals surface area contributed by atoms with Crippen molar-refractivity contribution in [2.45, 2.75) is 19.9 Å². The molecule has 2 N–H and O–H groups in total. The van der Waals surface area contributed by atoms with Crippen LogP contribution in [-0.4, -0.2) is 4.98 Å². The molecule has 2 rings (SSSR count). The van der Waals surface area contributed by atoms with E-state index in [0.29, 0.717) is 6.54 Å². The molecule has 2 aromatic rings. The maximum Gasteiger partial charge on any atom is 0.0539 e. The largest absolute Gasteiger partial charge is 0.325 e. The van der Waals surface area contributed by atoms with Gasteiger partial charge in [-0.1, -0.05) is 37.3 Å². The fourth-order valence-electron chi connectivity index (χ4n) is 1.65. The highest BCUT2D eigenvalue weighted by molar-refractivity contribution is 5.62. The highest BCUT2D eigenvalue weighted by Crippen LogP contribution is 2.19. The molecule has 0 aliphatic rings. The average molecular weight is 212 g/mol. The molecule has 2 nitrogen and oxygen atoms in total. The Bertz CT molecular complexity index is 398. The van der Waals surface area contributed by atoms with E-state index in [2.05, 4.69) is 42.2 Å². The molecule has 0 aliphatic carbocycles. The summed E-state index contributed by atoms with van der Waals surface area (Å²) < 4.78 is 0. The van der Waals surface area contributed by atoms with Crippen molar-refractivity contribution in [3.63, 3.8) is 0 Å². The molecule has 0 radical (unpaired) electrons. The van der Waals surface area contributed by atoms with Gasteiger partial charge in [-0.3, -0.25) is 4.98 Å². The van der Waals surface area contributed by atoms with Gasteiger partial charge < -0.3 is 5.73 Å². The molecule has 0 bridgehead atoms. The van der Waals surface area contributed by atoms with Gasteiger partial charge in [-0.25, -0.2) is 0 Å². The van der Waals surface area contributed by atoms with E-state index >= 15 is 0 Å². The smallest absolute Gasteiger partial charge is 0.0539 e. The summed E-state index contributed by atoms with van der Waals surface area (Å²) in [6.07, 6.45) is 2.95. The van der Waals surface area contributed by atoms with Crippen molar-refractivity contribution < 1.29 is 0 Å². The third kappa shape index (κ3) is 2.28. The van der Waals surface area contributed by atoms with Gasteiger partial charge in [0.25, 0.3) is 0 Å². The van der Waals surface area contributed by atoms with Crippen LogP contribution >= 0.6 is 0 Å². The Morgan fingerprint density at radius 2 is 1.69 bits per heavy atom. The predicted octanol–water partition coefficient (Wildman–Crippen LogP) is 2.77. The van der Waals surface area contributed by atoms with Gasteiger partial charge in [0.2, 0.25) is 0 Å². The van der Waals surface area contributed by atoms with Crippen molar-refractivity contribution in [3.8, 4) is 11.1 Å². The average Bonchev–Trinajstić information content (AvgIpc) is 2.39. The Morgan fingerprint density at radius 3 is 2.19 bits per heavy atom. The minimum Gasteiger partial charge on any atom is -0.325 e. The lowest BCUT2D eigenvalue weighted by atomic mass is 10.0.